The molecular weight excluding hydrogens is 240 g/mol. The SMILES string of the molecule is CCOc1ccc(C(C)C)cc1N1CCNCC1=O. The van der Waals surface area contributed by atoms with Crippen molar-refractivity contribution in [1.82, 2.24) is 5.32 Å². The predicted molar refractivity (Wildman–Crippen MR) is 76.9 cm³/mol. The normalized spacial score (nSPS) is 16.0. The van der Waals surface area contributed by atoms with Gasteiger partial charge in [-0.2, -0.15) is 0 Å². The zero-order valence-corrected chi connectivity index (χ0v) is 11.9. The lowest BCUT2D eigenvalue weighted by Crippen LogP contribution is -2.48. The minimum Gasteiger partial charge on any atom is -0.492 e. The first kappa shape index (κ1) is 13.9. The lowest BCUT2D eigenvalue weighted by Gasteiger charge is -2.29. The lowest BCUT2D eigenvalue weighted by atomic mass is 10.0. The number of benzene rings is 1. The fraction of sp³-hybridized carbons (Fsp3) is 0.533. The third-order valence-electron chi connectivity index (χ3n) is 3.33. The minimum atomic E-state index is 0.105. The molecule has 1 saturated heterocycles. The van der Waals surface area contributed by atoms with Crippen molar-refractivity contribution in [1.29, 1.82) is 0 Å². The molecule has 0 spiro atoms. The highest BCUT2D eigenvalue weighted by atomic mass is 16.5. The molecule has 1 aromatic rings. The first-order valence-electron chi connectivity index (χ1n) is 6.91. The number of piperazine rings is 1. The molecule has 0 aromatic heterocycles. The minimum absolute atomic E-state index is 0.105. The van der Waals surface area contributed by atoms with E-state index in [1.165, 1.54) is 5.56 Å². The predicted octanol–water partition coefficient (Wildman–Crippen LogP) is 2.14. The number of rotatable bonds is 4. The van der Waals surface area contributed by atoms with Crippen LogP contribution in [0.1, 0.15) is 32.3 Å². The van der Waals surface area contributed by atoms with Gasteiger partial charge in [0.2, 0.25) is 5.91 Å². The molecule has 0 saturated carbocycles. The van der Waals surface area contributed by atoms with E-state index in [0.29, 0.717) is 25.6 Å². The van der Waals surface area contributed by atoms with Gasteiger partial charge in [-0.1, -0.05) is 19.9 Å². The van der Waals surface area contributed by atoms with Crippen LogP contribution >= 0.6 is 0 Å². The number of carbonyl (C=O) groups excluding carboxylic acids is 1. The highest BCUT2D eigenvalue weighted by molar-refractivity contribution is 5.97. The van der Waals surface area contributed by atoms with Crippen molar-refractivity contribution in [2.24, 2.45) is 0 Å². The zero-order valence-electron chi connectivity index (χ0n) is 11.9. The van der Waals surface area contributed by atoms with Crippen LogP contribution in [0.3, 0.4) is 0 Å². The average Bonchev–Trinajstić information content (AvgIpc) is 2.40. The molecule has 2 rings (SSSR count). The number of carbonyl (C=O) groups is 1. The topological polar surface area (TPSA) is 41.6 Å². The fourth-order valence-corrected chi connectivity index (χ4v) is 2.24. The summed E-state index contributed by atoms with van der Waals surface area (Å²) < 4.78 is 5.66. The molecule has 0 radical (unpaired) electrons. The molecular formula is C15H22N2O2. The second-order valence-corrected chi connectivity index (χ2v) is 5.04. The van der Waals surface area contributed by atoms with E-state index in [4.69, 9.17) is 4.74 Å². The van der Waals surface area contributed by atoms with Crippen LogP contribution in [0.2, 0.25) is 0 Å². The molecule has 0 bridgehead atoms. The summed E-state index contributed by atoms with van der Waals surface area (Å²) in [5, 5.41) is 3.09. The molecule has 104 valence electrons. The van der Waals surface area contributed by atoms with Crippen molar-refractivity contribution in [3.63, 3.8) is 0 Å². The molecule has 0 unspecified atom stereocenters. The molecule has 1 fully saturated rings. The van der Waals surface area contributed by atoms with E-state index in [1.807, 2.05) is 17.9 Å². The Morgan fingerprint density at radius 1 is 1.42 bits per heavy atom. The van der Waals surface area contributed by atoms with Crippen LogP contribution in [0.5, 0.6) is 5.75 Å². The molecule has 4 nitrogen and oxygen atoms in total. The molecule has 0 aliphatic carbocycles. The zero-order chi connectivity index (χ0) is 13.8. The van der Waals surface area contributed by atoms with Crippen molar-refractivity contribution >= 4 is 11.6 Å². The van der Waals surface area contributed by atoms with Crippen LogP contribution in [0.15, 0.2) is 18.2 Å². The quantitative estimate of drug-likeness (QED) is 0.904. The molecule has 1 aromatic carbocycles. The van der Waals surface area contributed by atoms with Gasteiger partial charge in [0, 0.05) is 13.1 Å². The first-order chi connectivity index (χ1) is 9.13. The van der Waals surface area contributed by atoms with Crippen LogP contribution in [0.25, 0.3) is 0 Å². The Kier molecular flexibility index (Phi) is 4.43. The summed E-state index contributed by atoms with van der Waals surface area (Å²) >= 11 is 0. The highest BCUT2D eigenvalue weighted by Gasteiger charge is 2.23. The van der Waals surface area contributed by atoms with Gasteiger partial charge in [0.25, 0.3) is 0 Å². The van der Waals surface area contributed by atoms with Crippen LogP contribution in [-0.2, 0) is 4.79 Å². The molecule has 1 aliphatic rings. The van der Waals surface area contributed by atoms with Gasteiger partial charge in [-0.25, -0.2) is 0 Å². The molecule has 1 aliphatic heterocycles. The van der Waals surface area contributed by atoms with E-state index in [9.17, 15) is 4.79 Å². The van der Waals surface area contributed by atoms with Crippen molar-refractivity contribution in [2.75, 3.05) is 31.1 Å². The molecule has 1 heterocycles. The van der Waals surface area contributed by atoms with Gasteiger partial charge in [-0.05, 0) is 30.5 Å². The standard InChI is InChI=1S/C15H22N2O2/c1-4-19-14-6-5-12(11(2)3)9-13(14)17-8-7-16-10-15(17)18/h5-6,9,11,16H,4,7-8,10H2,1-3H3. The van der Waals surface area contributed by atoms with Gasteiger partial charge in [0.05, 0.1) is 18.8 Å². The van der Waals surface area contributed by atoms with E-state index in [2.05, 4.69) is 31.3 Å². The Labute approximate surface area is 114 Å². The van der Waals surface area contributed by atoms with Gasteiger partial charge in [-0.15, -0.1) is 0 Å². The average molecular weight is 262 g/mol. The molecule has 4 heteroatoms. The number of ether oxygens (including phenoxy) is 1. The summed E-state index contributed by atoms with van der Waals surface area (Å²) in [4.78, 5) is 13.9. The second-order valence-electron chi connectivity index (χ2n) is 5.04. The largest absolute Gasteiger partial charge is 0.492 e. The fourth-order valence-electron chi connectivity index (χ4n) is 2.24. The maximum atomic E-state index is 12.0. The summed E-state index contributed by atoms with van der Waals surface area (Å²) in [6, 6.07) is 6.13. The molecule has 0 atom stereocenters. The van der Waals surface area contributed by atoms with Crippen molar-refractivity contribution < 1.29 is 9.53 Å². The van der Waals surface area contributed by atoms with Gasteiger partial charge >= 0.3 is 0 Å². The monoisotopic (exact) mass is 262 g/mol. The van der Waals surface area contributed by atoms with Crippen molar-refractivity contribution in [3.05, 3.63) is 23.8 Å². The van der Waals surface area contributed by atoms with E-state index < -0.39 is 0 Å². The Morgan fingerprint density at radius 3 is 2.84 bits per heavy atom. The van der Waals surface area contributed by atoms with Crippen LogP contribution in [0.4, 0.5) is 5.69 Å². The summed E-state index contributed by atoms with van der Waals surface area (Å²) in [6.45, 7) is 8.78. The number of hydrogen-bond donors (Lipinski definition) is 1. The molecule has 1 amide bonds. The third-order valence-corrected chi connectivity index (χ3v) is 3.33. The van der Waals surface area contributed by atoms with Gasteiger partial charge in [0.1, 0.15) is 5.75 Å². The first-order valence-corrected chi connectivity index (χ1v) is 6.91. The number of amides is 1. The smallest absolute Gasteiger partial charge is 0.241 e. The lowest BCUT2D eigenvalue weighted by molar-refractivity contribution is -0.118. The number of hydrogen-bond acceptors (Lipinski definition) is 3. The van der Waals surface area contributed by atoms with Crippen LogP contribution in [0, 0.1) is 0 Å². The van der Waals surface area contributed by atoms with Crippen LogP contribution in [-0.4, -0.2) is 32.1 Å². The maximum absolute atomic E-state index is 12.0. The van der Waals surface area contributed by atoms with Crippen LogP contribution < -0.4 is 15.0 Å². The Bertz CT molecular complexity index is 457. The Hall–Kier alpha value is -1.55. The Balaban J connectivity index is 2.38. The summed E-state index contributed by atoms with van der Waals surface area (Å²) in [5.41, 5.74) is 2.13. The number of anilines is 1. The number of nitrogens with one attached hydrogen (secondary N) is 1. The van der Waals surface area contributed by atoms with E-state index in [-0.39, 0.29) is 5.91 Å². The third kappa shape index (κ3) is 3.07. The van der Waals surface area contributed by atoms with Gasteiger partial charge in [0.15, 0.2) is 0 Å². The summed E-state index contributed by atoms with van der Waals surface area (Å²) in [6.07, 6.45) is 0. The highest BCUT2D eigenvalue weighted by Crippen LogP contribution is 2.32. The van der Waals surface area contributed by atoms with Crippen molar-refractivity contribution in [2.45, 2.75) is 26.7 Å². The van der Waals surface area contributed by atoms with E-state index in [1.54, 1.807) is 0 Å². The molecule has 19 heavy (non-hydrogen) atoms. The molecule has 1 N–H and O–H groups in total. The summed E-state index contributed by atoms with van der Waals surface area (Å²) in [7, 11) is 0. The number of nitrogens with zero attached hydrogens (tertiary/aromatic N) is 1. The van der Waals surface area contributed by atoms with E-state index in [0.717, 1.165) is 18.0 Å². The van der Waals surface area contributed by atoms with Crippen molar-refractivity contribution in [3.8, 4) is 5.75 Å². The Morgan fingerprint density at radius 2 is 2.21 bits per heavy atom. The van der Waals surface area contributed by atoms with Gasteiger partial charge in [-0.3, -0.25) is 4.79 Å². The second kappa shape index (κ2) is 6.06. The maximum Gasteiger partial charge on any atom is 0.241 e. The van der Waals surface area contributed by atoms with E-state index >= 15 is 0 Å². The summed E-state index contributed by atoms with van der Waals surface area (Å²) in [5.74, 6) is 1.34. The van der Waals surface area contributed by atoms with Gasteiger partial charge < -0.3 is 15.0 Å².